The summed E-state index contributed by atoms with van der Waals surface area (Å²) in [6, 6.07) is 20.7. The first-order valence-corrected chi connectivity index (χ1v) is 12.9. The van der Waals surface area contributed by atoms with Gasteiger partial charge in [-0.2, -0.15) is 0 Å². The van der Waals surface area contributed by atoms with Gasteiger partial charge in [0.1, 0.15) is 6.04 Å². The molecule has 0 aromatic heterocycles. The molecule has 2 aliphatic heterocycles. The number of halogens is 1. The van der Waals surface area contributed by atoms with Crippen molar-refractivity contribution < 1.29 is 14.4 Å². The van der Waals surface area contributed by atoms with E-state index in [2.05, 4.69) is 10.6 Å². The van der Waals surface area contributed by atoms with Gasteiger partial charge in [-0.05, 0) is 54.3 Å². The lowest BCUT2D eigenvalue weighted by Crippen LogP contribution is -2.47. The molecule has 5 rings (SSSR count). The van der Waals surface area contributed by atoms with Crippen LogP contribution in [-0.2, 0) is 16.0 Å². The Morgan fingerprint density at radius 2 is 1.74 bits per heavy atom. The molecule has 0 fully saturated rings. The Hall–Kier alpha value is -4.10. The molecule has 0 unspecified atom stereocenters. The minimum atomic E-state index is -0.799. The van der Waals surface area contributed by atoms with E-state index in [1.807, 2.05) is 68.4 Å². The first-order chi connectivity index (χ1) is 18.2. The number of aryl methyl sites for hydroxylation is 2. The SMILES string of the molecule is Cc1ccc(NC(=O)[C@@H](Cc2ccccc2)N2CC3=C(C2=O)[C@@H](c2ccccc2Cl)NC(=O)N3C)cc1C. The summed E-state index contributed by atoms with van der Waals surface area (Å²) < 4.78 is 0. The molecule has 0 aliphatic carbocycles. The molecule has 3 aromatic carbocycles. The van der Waals surface area contributed by atoms with Crippen molar-refractivity contribution in [1.82, 2.24) is 15.1 Å². The molecule has 2 heterocycles. The van der Waals surface area contributed by atoms with Crippen LogP contribution in [-0.4, -0.2) is 47.3 Å². The van der Waals surface area contributed by atoms with Gasteiger partial charge in [0.25, 0.3) is 5.91 Å². The zero-order valence-corrected chi connectivity index (χ0v) is 22.3. The lowest BCUT2D eigenvalue weighted by atomic mass is 9.95. The van der Waals surface area contributed by atoms with Gasteiger partial charge in [0.2, 0.25) is 5.91 Å². The van der Waals surface area contributed by atoms with Crippen molar-refractivity contribution in [1.29, 1.82) is 0 Å². The standard InChI is InChI=1S/C30H29ClN4O3/c1-18-13-14-21(15-19(18)2)32-28(36)24(16-20-9-5-4-6-10-20)35-17-25-26(29(35)37)27(33-30(38)34(25)3)22-11-7-8-12-23(22)31/h4-15,24,27H,16-17H2,1-3H3,(H,32,36)(H,33,38)/t24-,27-/m1/s1. The van der Waals surface area contributed by atoms with Gasteiger partial charge in [0.05, 0.1) is 23.9 Å². The highest BCUT2D eigenvalue weighted by Crippen LogP contribution is 2.39. The lowest BCUT2D eigenvalue weighted by molar-refractivity contribution is -0.134. The minimum absolute atomic E-state index is 0.136. The number of anilines is 1. The van der Waals surface area contributed by atoms with E-state index in [1.165, 1.54) is 4.90 Å². The van der Waals surface area contributed by atoms with Crippen LogP contribution in [0.1, 0.15) is 28.3 Å². The topological polar surface area (TPSA) is 81.8 Å². The van der Waals surface area contributed by atoms with Crippen LogP contribution in [0.25, 0.3) is 0 Å². The van der Waals surface area contributed by atoms with Gasteiger partial charge in [-0.1, -0.05) is 66.2 Å². The third-order valence-electron chi connectivity index (χ3n) is 7.33. The van der Waals surface area contributed by atoms with Crippen molar-refractivity contribution in [3.63, 3.8) is 0 Å². The van der Waals surface area contributed by atoms with E-state index >= 15 is 0 Å². The second-order valence-electron chi connectivity index (χ2n) is 9.75. The van der Waals surface area contributed by atoms with E-state index in [4.69, 9.17) is 11.6 Å². The van der Waals surface area contributed by atoms with E-state index in [1.54, 1.807) is 30.1 Å². The predicted octanol–water partition coefficient (Wildman–Crippen LogP) is 5.00. The van der Waals surface area contributed by atoms with Crippen LogP contribution in [0.3, 0.4) is 0 Å². The van der Waals surface area contributed by atoms with Crippen molar-refractivity contribution >= 4 is 35.1 Å². The number of carbonyl (C=O) groups excluding carboxylic acids is 3. The van der Waals surface area contributed by atoms with Crippen molar-refractivity contribution in [2.45, 2.75) is 32.4 Å². The van der Waals surface area contributed by atoms with Crippen molar-refractivity contribution in [2.24, 2.45) is 0 Å². The maximum Gasteiger partial charge on any atom is 0.322 e. The predicted molar refractivity (Wildman–Crippen MR) is 148 cm³/mol. The third kappa shape index (κ3) is 4.77. The van der Waals surface area contributed by atoms with Crippen molar-refractivity contribution in [2.75, 3.05) is 18.9 Å². The maximum absolute atomic E-state index is 14.0. The highest BCUT2D eigenvalue weighted by molar-refractivity contribution is 6.31. The molecule has 2 N–H and O–H groups in total. The molecule has 0 spiro atoms. The molecule has 0 saturated heterocycles. The second kappa shape index (κ2) is 10.3. The fourth-order valence-electron chi connectivity index (χ4n) is 5.01. The van der Waals surface area contributed by atoms with Gasteiger partial charge in [-0.3, -0.25) is 14.5 Å². The average Bonchev–Trinajstić information content (AvgIpc) is 3.25. The number of urea groups is 1. The van der Waals surface area contributed by atoms with E-state index in [0.717, 1.165) is 16.7 Å². The Labute approximate surface area is 227 Å². The summed E-state index contributed by atoms with van der Waals surface area (Å²) in [5.41, 5.74) is 5.42. The number of hydrogen-bond donors (Lipinski definition) is 2. The highest BCUT2D eigenvalue weighted by atomic mass is 35.5. The molecular weight excluding hydrogens is 500 g/mol. The molecule has 7 nitrogen and oxygen atoms in total. The zero-order chi connectivity index (χ0) is 27.0. The number of rotatable bonds is 6. The summed E-state index contributed by atoms with van der Waals surface area (Å²) in [5.74, 6) is -0.588. The summed E-state index contributed by atoms with van der Waals surface area (Å²) in [6.07, 6.45) is 0.325. The first kappa shape index (κ1) is 25.5. The zero-order valence-electron chi connectivity index (χ0n) is 21.5. The van der Waals surface area contributed by atoms with Crippen LogP contribution in [0, 0.1) is 13.8 Å². The Morgan fingerprint density at radius 1 is 1.03 bits per heavy atom. The molecule has 8 heteroatoms. The fraction of sp³-hybridized carbons (Fsp3) is 0.233. The Kier molecular flexibility index (Phi) is 6.95. The van der Waals surface area contributed by atoms with Crippen LogP contribution < -0.4 is 10.6 Å². The van der Waals surface area contributed by atoms with Gasteiger partial charge < -0.3 is 15.5 Å². The Bertz CT molecular complexity index is 1450. The summed E-state index contributed by atoms with van der Waals surface area (Å²) in [4.78, 5) is 43.7. The Balaban J connectivity index is 1.50. The van der Waals surface area contributed by atoms with Crippen molar-refractivity contribution in [3.8, 4) is 0 Å². The van der Waals surface area contributed by atoms with Crippen LogP contribution >= 0.6 is 11.6 Å². The van der Waals surface area contributed by atoms with E-state index in [0.29, 0.717) is 34.0 Å². The molecule has 2 atom stereocenters. The quantitative estimate of drug-likeness (QED) is 0.472. The molecule has 38 heavy (non-hydrogen) atoms. The maximum atomic E-state index is 14.0. The van der Waals surface area contributed by atoms with Gasteiger partial charge in [0, 0.05) is 24.2 Å². The molecule has 194 valence electrons. The monoisotopic (exact) mass is 528 g/mol. The van der Waals surface area contributed by atoms with Gasteiger partial charge in [0.15, 0.2) is 0 Å². The number of nitrogens with one attached hydrogen (secondary N) is 2. The largest absolute Gasteiger partial charge is 0.326 e. The number of amides is 4. The first-order valence-electron chi connectivity index (χ1n) is 12.5. The summed E-state index contributed by atoms with van der Waals surface area (Å²) >= 11 is 6.47. The normalized spacial score (nSPS) is 17.8. The summed E-state index contributed by atoms with van der Waals surface area (Å²) in [7, 11) is 1.63. The van der Waals surface area contributed by atoms with Crippen LogP contribution in [0.4, 0.5) is 10.5 Å². The van der Waals surface area contributed by atoms with E-state index in [9.17, 15) is 14.4 Å². The molecule has 0 saturated carbocycles. The van der Waals surface area contributed by atoms with Crippen LogP contribution in [0.5, 0.6) is 0 Å². The summed E-state index contributed by atoms with van der Waals surface area (Å²) in [6.45, 7) is 4.14. The van der Waals surface area contributed by atoms with Crippen molar-refractivity contribution in [3.05, 3.63) is 111 Å². The number of carbonyl (C=O) groups is 3. The van der Waals surface area contributed by atoms with Gasteiger partial charge in [-0.25, -0.2) is 4.79 Å². The number of nitrogens with zero attached hydrogens (tertiary/aromatic N) is 2. The fourth-order valence-corrected chi connectivity index (χ4v) is 5.25. The van der Waals surface area contributed by atoms with Gasteiger partial charge in [-0.15, -0.1) is 0 Å². The smallest absolute Gasteiger partial charge is 0.322 e. The number of likely N-dealkylation sites (N-methyl/N-ethyl adjacent to an activating group) is 1. The van der Waals surface area contributed by atoms with Crippen LogP contribution in [0.2, 0.25) is 5.02 Å². The third-order valence-corrected chi connectivity index (χ3v) is 7.67. The highest BCUT2D eigenvalue weighted by Gasteiger charge is 2.46. The van der Waals surface area contributed by atoms with Crippen LogP contribution in [0.15, 0.2) is 84.1 Å². The summed E-state index contributed by atoms with van der Waals surface area (Å²) in [5, 5.41) is 6.38. The van der Waals surface area contributed by atoms with E-state index < -0.39 is 12.1 Å². The molecule has 3 aromatic rings. The molecular formula is C30H29ClN4O3. The Morgan fingerprint density at radius 3 is 2.45 bits per heavy atom. The molecule has 4 amide bonds. The molecule has 0 bridgehead atoms. The minimum Gasteiger partial charge on any atom is -0.326 e. The average molecular weight is 529 g/mol. The number of hydrogen-bond acceptors (Lipinski definition) is 3. The molecule has 0 radical (unpaired) electrons. The number of benzene rings is 3. The molecule has 2 aliphatic rings. The van der Waals surface area contributed by atoms with E-state index in [-0.39, 0.29) is 24.4 Å². The second-order valence-corrected chi connectivity index (χ2v) is 10.2. The van der Waals surface area contributed by atoms with Gasteiger partial charge >= 0.3 is 6.03 Å². The lowest BCUT2D eigenvalue weighted by Gasteiger charge is -2.31.